The first kappa shape index (κ1) is 15.5. The molecule has 0 saturated carbocycles. The summed E-state index contributed by atoms with van der Waals surface area (Å²) < 4.78 is 16.0. The van der Waals surface area contributed by atoms with Gasteiger partial charge in [-0.25, -0.2) is 0 Å². The zero-order chi connectivity index (χ0) is 14.9. The second kappa shape index (κ2) is 8.39. The van der Waals surface area contributed by atoms with Gasteiger partial charge >= 0.3 is 0 Å². The molecule has 0 aliphatic carbocycles. The quantitative estimate of drug-likeness (QED) is 0.760. The number of nitrogens with zero attached hydrogens (tertiary/aromatic N) is 2. The molecule has 1 atom stereocenters. The maximum atomic E-state index is 5.58. The van der Waals surface area contributed by atoms with Gasteiger partial charge in [0.05, 0.1) is 6.61 Å². The van der Waals surface area contributed by atoms with Gasteiger partial charge in [-0.15, -0.1) is 0 Å². The van der Waals surface area contributed by atoms with E-state index in [4.69, 9.17) is 14.0 Å². The van der Waals surface area contributed by atoms with Crippen LogP contribution in [0.25, 0.3) is 0 Å². The highest BCUT2D eigenvalue weighted by molar-refractivity contribution is 5.20. The van der Waals surface area contributed by atoms with Crippen molar-refractivity contribution in [2.45, 2.75) is 26.0 Å². The third-order valence-corrected chi connectivity index (χ3v) is 2.90. The lowest BCUT2D eigenvalue weighted by molar-refractivity contribution is 0.162. The molecule has 2 aromatic rings. The van der Waals surface area contributed by atoms with E-state index < -0.39 is 0 Å². The van der Waals surface area contributed by atoms with Crippen molar-refractivity contribution in [3.05, 3.63) is 42.0 Å². The molecule has 1 aromatic heterocycles. The van der Waals surface area contributed by atoms with Gasteiger partial charge in [-0.05, 0) is 18.7 Å². The number of nitrogens with one attached hydrogen (secondary N) is 1. The van der Waals surface area contributed by atoms with Crippen LogP contribution in [0.1, 0.15) is 18.6 Å². The molecule has 0 aliphatic rings. The van der Waals surface area contributed by atoms with Crippen molar-refractivity contribution < 1.29 is 14.0 Å². The first-order valence-corrected chi connectivity index (χ1v) is 7.03. The van der Waals surface area contributed by atoms with Gasteiger partial charge in [0, 0.05) is 19.6 Å². The van der Waals surface area contributed by atoms with Crippen molar-refractivity contribution in [3.63, 3.8) is 0 Å². The molecule has 6 nitrogen and oxygen atoms in total. The number of hydrogen-bond donors (Lipinski definition) is 1. The number of methoxy groups -OCH3 is 1. The highest BCUT2D eigenvalue weighted by Crippen LogP contribution is 2.10. The number of hydrogen-bond acceptors (Lipinski definition) is 6. The van der Waals surface area contributed by atoms with Crippen LogP contribution in [0.5, 0.6) is 5.75 Å². The minimum atomic E-state index is 0.170. The fourth-order valence-electron chi connectivity index (χ4n) is 1.99. The van der Waals surface area contributed by atoms with Crippen molar-refractivity contribution in [1.29, 1.82) is 0 Å². The molecule has 0 radical (unpaired) electrons. The number of aromatic nitrogens is 2. The van der Waals surface area contributed by atoms with Gasteiger partial charge in [0.1, 0.15) is 5.75 Å². The SMILES string of the molecule is CCNC(COC)Cc1nc(COc2ccccc2)no1. The fourth-order valence-corrected chi connectivity index (χ4v) is 1.99. The van der Waals surface area contributed by atoms with Crippen LogP contribution in [0.3, 0.4) is 0 Å². The summed E-state index contributed by atoms with van der Waals surface area (Å²) in [7, 11) is 1.68. The van der Waals surface area contributed by atoms with E-state index in [0.29, 0.717) is 31.3 Å². The standard InChI is InChI=1S/C15H21N3O3/c1-3-16-12(10-19-2)9-15-17-14(18-21-15)11-20-13-7-5-4-6-8-13/h4-8,12,16H,3,9-11H2,1-2H3. The van der Waals surface area contributed by atoms with Gasteiger partial charge in [0.2, 0.25) is 11.7 Å². The summed E-state index contributed by atoms with van der Waals surface area (Å²) in [6.45, 7) is 3.82. The number of rotatable bonds is 9. The molecule has 0 bridgehead atoms. The molecular formula is C15H21N3O3. The lowest BCUT2D eigenvalue weighted by Crippen LogP contribution is -2.35. The molecule has 0 fully saturated rings. The van der Waals surface area contributed by atoms with E-state index in [2.05, 4.69) is 22.4 Å². The van der Waals surface area contributed by atoms with Crippen LogP contribution in [-0.2, 0) is 17.8 Å². The average Bonchev–Trinajstić information content (AvgIpc) is 2.94. The van der Waals surface area contributed by atoms with Gasteiger partial charge in [0.15, 0.2) is 6.61 Å². The Balaban J connectivity index is 1.85. The molecule has 1 aromatic carbocycles. The van der Waals surface area contributed by atoms with E-state index in [1.807, 2.05) is 30.3 Å². The van der Waals surface area contributed by atoms with Gasteiger partial charge in [0.25, 0.3) is 0 Å². The highest BCUT2D eigenvalue weighted by atomic mass is 16.5. The van der Waals surface area contributed by atoms with E-state index in [0.717, 1.165) is 12.3 Å². The topological polar surface area (TPSA) is 69.4 Å². The van der Waals surface area contributed by atoms with Crippen LogP contribution >= 0.6 is 0 Å². The minimum absolute atomic E-state index is 0.170. The lowest BCUT2D eigenvalue weighted by atomic mass is 10.2. The zero-order valence-electron chi connectivity index (χ0n) is 12.4. The van der Waals surface area contributed by atoms with E-state index in [-0.39, 0.29) is 6.04 Å². The van der Waals surface area contributed by atoms with Crippen molar-refractivity contribution in [1.82, 2.24) is 15.5 Å². The summed E-state index contributed by atoms with van der Waals surface area (Å²) in [5, 5.41) is 7.24. The molecule has 6 heteroatoms. The second-order valence-corrected chi connectivity index (χ2v) is 4.62. The van der Waals surface area contributed by atoms with Crippen LogP contribution in [0.2, 0.25) is 0 Å². The monoisotopic (exact) mass is 291 g/mol. The summed E-state index contributed by atoms with van der Waals surface area (Å²) in [6.07, 6.45) is 0.639. The normalized spacial score (nSPS) is 12.3. The number of likely N-dealkylation sites (N-methyl/N-ethyl adjacent to an activating group) is 1. The average molecular weight is 291 g/mol. The van der Waals surface area contributed by atoms with Crippen LogP contribution in [0, 0.1) is 0 Å². The molecule has 0 amide bonds. The summed E-state index contributed by atoms with van der Waals surface area (Å²) in [6, 6.07) is 9.73. The number of para-hydroxylation sites is 1. The summed E-state index contributed by atoms with van der Waals surface area (Å²) in [4.78, 5) is 4.33. The number of ether oxygens (including phenoxy) is 2. The Hall–Kier alpha value is -1.92. The largest absolute Gasteiger partial charge is 0.485 e. The van der Waals surface area contributed by atoms with Crippen molar-refractivity contribution >= 4 is 0 Å². The van der Waals surface area contributed by atoms with E-state index >= 15 is 0 Å². The Kier molecular flexibility index (Phi) is 6.18. The maximum absolute atomic E-state index is 5.58. The van der Waals surface area contributed by atoms with Crippen LogP contribution in [0.15, 0.2) is 34.9 Å². The maximum Gasteiger partial charge on any atom is 0.228 e. The summed E-state index contributed by atoms with van der Waals surface area (Å²) in [5.74, 6) is 1.92. The Bertz CT molecular complexity index is 510. The van der Waals surface area contributed by atoms with Gasteiger partial charge < -0.3 is 19.3 Å². The first-order chi connectivity index (χ1) is 10.3. The Morgan fingerprint density at radius 2 is 2.10 bits per heavy atom. The van der Waals surface area contributed by atoms with Crippen molar-refractivity contribution in [2.75, 3.05) is 20.3 Å². The third-order valence-electron chi connectivity index (χ3n) is 2.90. The second-order valence-electron chi connectivity index (χ2n) is 4.62. The molecular weight excluding hydrogens is 270 g/mol. The van der Waals surface area contributed by atoms with Gasteiger partial charge in [-0.2, -0.15) is 4.98 Å². The Morgan fingerprint density at radius 3 is 2.81 bits per heavy atom. The smallest absolute Gasteiger partial charge is 0.228 e. The van der Waals surface area contributed by atoms with Crippen molar-refractivity contribution in [3.8, 4) is 5.75 Å². The molecule has 1 unspecified atom stereocenters. The lowest BCUT2D eigenvalue weighted by Gasteiger charge is -2.14. The molecule has 0 aliphatic heterocycles. The van der Waals surface area contributed by atoms with Crippen LogP contribution in [0.4, 0.5) is 0 Å². The minimum Gasteiger partial charge on any atom is -0.485 e. The van der Waals surface area contributed by atoms with Gasteiger partial charge in [-0.1, -0.05) is 30.3 Å². The fraction of sp³-hybridized carbons (Fsp3) is 0.467. The number of benzene rings is 1. The van der Waals surface area contributed by atoms with E-state index in [9.17, 15) is 0 Å². The molecule has 21 heavy (non-hydrogen) atoms. The van der Waals surface area contributed by atoms with Crippen LogP contribution in [-0.4, -0.2) is 36.4 Å². The van der Waals surface area contributed by atoms with Crippen molar-refractivity contribution in [2.24, 2.45) is 0 Å². The predicted molar refractivity (Wildman–Crippen MR) is 78.1 cm³/mol. The summed E-state index contributed by atoms with van der Waals surface area (Å²) in [5.41, 5.74) is 0. The van der Waals surface area contributed by atoms with Gasteiger partial charge in [-0.3, -0.25) is 0 Å². The molecule has 2 rings (SSSR count). The Morgan fingerprint density at radius 1 is 1.29 bits per heavy atom. The van der Waals surface area contributed by atoms with E-state index in [1.54, 1.807) is 7.11 Å². The molecule has 1 heterocycles. The molecule has 0 spiro atoms. The molecule has 0 saturated heterocycles. The first-order valence-electron chi connectivity index (χ1n) is 7.03. The van der Waals surface area contributed by atoms with E-state index in [1.165, 1.54) is 0 Å². The molecule has 114 valence electrons. The highest BCUT2D eigenvalue weighted by Gasteiger charge is 2.14. The zero-order valence-corrected chi connectivity index (χ0v) is 12.4. The third kappa shape index (κ3) is 5.17. The molecule has 1 N–H and O–H groups in total. The predicted octanol–water partition coefficient (Wildman–Crippen LogP) is 1.82. The summed E-state index contributed by atoms with van der Waals surface area (Å²) >= 11 is 0. The Labute approximate surface area is 124 Å². The van der Waals surface area contributed by atoms with Crippen LogP contribution < -0.4 is 10.1 Å².